The quantitative estimate of drug-likeness (QED) is 0.819. The van der Waals surface area contributed by atoms with Gasteiger partial charge in [-0.1, -0.05) is 25.1 Å². The van der Waals surface area contributed by atoms with Gasteiger partial charge in [0, 0.05) is 28.4 Å². The first-order chi connectivity index (χ1) is 10.2. The molecule has 1 aromatic carbocycles. The van der Waals surface area contributed by atoms with Gasteiger partial charge >= 0.3 is 5.97 Å². The van der Waals surface area contributed by atoms with Gasteiger partial charge in [-0.25, -0.2) is 4.79 Å². The number of ether oxygens (including phenoxy) is 1. The van der Waals surface area contributed by atoms with E-state index in [1.165, 1.54) is 11.3 Å². The van der Waals surface area contributed by atoms with Crippen molar-refractivity contribution in [1.29, 1.82) is 0 Å². The number of nitrogens with one attached hydrogen (secondary N) is 1. The molecule has 1 aromatic heterocycles. The molecule has 0 aliphatic rings. The molecule has 0 spiro atoms. The number of carbonyl (C=O) groups is 1. The molecule has 0 saturated carbocycles. The van der Waals surface area contributed by atoms with E-state index in [9.17, 15) is 4.79 Å². The second-order valence-corrected chi connectivity index (χ2v) is 5.69. The van der Waals surface area contributed by atoms with Crippen molar-refractivity contribution in [2.24, 2.45) is 0 Å². The molecule has 0 fully saturated rings. The number of carboxylic acids is 1. The number of methoxy groups -OCH3 is 1. The van der Waals surface area contributed by atoms with E-state index in [2.05, 4.69) is 18.3 Å². The molecule has 0 aliphatic heterocycles. The van der Waals surface area contributed by atoms with Gasteiger partial charge in [0.15, 0.2) is 0 Å². The van der Waals surface area contributed by atoms with Crippen LogP contribution in [0.25, 0.3) is 0 Å². The third-order valence-electron chi connectivity index (χ3n) is 3.35. The molecule has 2 N–H and O–H groups in total. The molecule has 0 amide bonds. The minimum absolute atomic E-state index is 0.177. The van der Waals surface area contributed by atoms with Crippen LogP contribution in [0.4, 0.5) is 0 Å². The Morgan fingerprint density at radius 1 is 1.43 bits per heavy atom. The highest BCUT2D eigenvalue weighted by Gasteiger charge is 2.14. The van der Waals surface area contributed by atoms with Gasteiger partial charge in [-0.2, -0.15) is 0 Å². The van der Waals surface area contributed by atoms with Crippen LogP contribution in [0, 0.1) is 0 Å². The van der Waals surface area contributed by atoms with Gasteiger partial charge in [-0.15, -0.1) is 11.3 Å². The molecule has 1 atom stereocenters. The SMILES string of the molecule is CCC(NCc1cc(C(=O)O)cs1)c1ccccc1OC. The Morgan fingerprint density at radius 2 is 2.19 bits per heavy atom. The van der Waals surface area contributed by atoms with Gasteiger partial charge in [-0.05, 0) is 18.6 Å². The van der Waals surface area contributed by atoms with Crippen LogP contribution in [0.1, 0.15) is 40.2 Å². The van der Waals surface area contributed by atoms with Crippen molar-refractivity contribution in [1.82, 2.24) is 5.32 Å². The summed E-state index contributed by atoms with van der Waals surface area (Å²) in [5, 5.41) is 14.1. The minimum atomic E-state index is -0.880. The van der Waals surface area contributed by atoms with Gasteiger partial charge in [0.1, 0.15) is 5.75 Å². The molecule has 0 radical (unpaired) electrons. The molecular formula is C16H19NO3S. The second kappa shape index (κ2) is 7.24. The topological polar surface area (TPSA) is 58.6 Å². The highest BCUT2D eigenvalue weighted by Crippen LogP contribution is 2.27. The Morgan fingerprint density at radius 3 is 2.81 bits per heavy atom. The van der Waals surface area contributed by atoms with Crippen LogP contribution in [0.3, 0.4) is 0 Å². The largest absolute Gasteiger partial charge is 0.496 e. The summed E-state index contributed by atoms with van der Waals surface area (Å²) in [6.45, 7) is 2.76. The Bertz CT molecular complexity index is 609. The van der Waals surface area contributed by atoms with Crippen LogP contribution in [-0.2, 0) is 6.54 Å². The fraction of sp³-hybridized carbons (Fsp3) is 0.312. The molecule has 2 rings (SSSR count). The average molecular weight is 305 g/mol. The summed E-state index contributed by atoms with van der Waals surface area (Å²) in [6, 6.07) is 9.85. The molecule has 4 nitrogen and oxygen atoms in total. The maximum Gasteiger partial charge on any atom is 0.336 e. The van der Waals surface area contributed by atoms with Crippen molar-refractivity contribution in [3.8, 4) is 5.75 Å². The molecule has 2 aromatic rings. The van der Waals surface area contributed by atoms with Gasteiger partial charge in [0.2, 0.25) is 0 Å². The molecule has 0 bridgehead atoms. The van der Waals surface area contributed by atoms with Crippen LogP contribution >= 0.6 is 11.3 Å². The van der Waals surface area contributed by atoms with E-state index in [-0.39, 0.29) is 6.04 Å². The van der Waals surface area contributed by atoms with E-state index in [0.717, 1.165) is 22.6 Å². The lowest BCUT2D eigenvalue weighted by Gasteiger charge is -2.19. The number of thiophene rings is 1. The summed E-state index contributed by atoms with van der Waals surface area (Å²) < 4.78 is 5.40. The highest BCUT2D eigenvalue weighted by atomic mass is 32.1. The van der Waals surface area contributed by atoms with E-state index in [1.807, 2.05) is 18.2 Å². The molecule has 1 heterocycles. The summed E-state index contributed by atoms with van der Waals surface area (Å²) in [6.07, 6.45) is 0.928. The number of rotatable bonds is 7. The maximum atomic E-state index is 10.9. The predicted octanol–water partition coefficient (Wildman–Crippen LogP) is 3.70. The number of para-hydroxylation sites is 1. The van der Waals surface area contributed by atoms with Crippen molar-refractivity contribution < 1.29 is 14.6 Å². The monoisotopic (exact) mass is 305 g/mol. The smallest absolute Gasteiger partial charge is 0.336 e. The zero-order valence-corrected chi connectivity index (χ0v) is 12.9. The summed E-state index contributed by atoms with van der Waals surface area (Å²) >= 11 is 1.46. The summed E-state index contributed by atoms with van der Waals surface area (Å²) in [7, 11) is 1.67. The van der Waals surface area contributed by atoms with Crippen molar-refractivity contribution in [3.05, 3.63) is 51.7 Å². The van der Waals surface area contributed by atoms with Crippen LogP contribution in [0.15, 0.2) is 35.7 Å². The predicted molar refractivity (Wildman–Crippen MR) is 84.1 cm³/mol. The van der Waals surface area contributed by atoms with Crippen LogP contribution in [-0.4, -0.2) is 18.2 Å². The van der Waals surface area contributed by atoms with Gasteiger partial charge in [0.25, 0.3) is 0 Å². The lowest BCUT2D eigenvalue weighted by Crippen LogP contribution is -2.20. The first-order valence-corrected chi connectivity index (χ1v) is 7.70. The molecule has 5 heteroatoms. The van der Waals surface area contributed by atoms with E-state index in [0.29, 0.717) is 12.1 Å². The minimum Gasteiger partial charge on any atom is -0.496 e. The molecule has 21 heavy (non-hydrogen) atoms. The number of aromatic carboxylic acids is 1. The Labute approximate surface area is 128 Å². The number of hydrogen-bond donors (Lipinski definition) is 2. The average Bonchev–Trinajstić information content (AvgIpc) is 2.97. The fourth-order valence-corrected chi connectivity index (χ4v) is 3.05. The van der Waals surface area contributed by atoms with Gasteiger partial charge in [0.05, 0.1) is 12.7 Å². The summed E-state index contributed by atoms with van der Waals surface area (Å²) in [5.41, 5.74) is 1.47. The lowest BCUT2D eigenvalue weighted by atomic mass is 10.0. The third kappa shape index (κ3) is 3.83. The Hall–Kier alpha value is -1.85. The fourth-order valence-electron chi connectivity index (χ4n) is 2.24. The Balaban J connectivity index is 2.06. The second-order valence-electron chi connectivity index (χ2n) is 4.69. The summed E-state index contributed by atoms with van der Waals surface area (Å²) in [5.74, 6) is -0.0106. The van der Waals surface area contributed by atoms with Crippen LogP contribution in [0.2, 0.25) is 0 Å². The zero-order valence-electron chi connectivity index (χ0n) is 12.1. The number of benzene rings is 1. The summed E-state index contributed by atoms with van der Waals surface area (Å²) in [4.78, 5) is 11.9. The van der Waals surface area contributed by atoms with E-state index in [4.69, 9.17) is 9.84 Å². The Kier molecular flexibility index (Phi) is 5.36. The highest BCUT2D eigenvalue weighted by molar-refractivity contribution is 7.10. The van der Waals surface area contributed by atoms with Crippen molar-refractivity contribution in [3.63, 3.8) is 0 Å². The van der Waals surface area contributed by atoms with E-state index >= 15 is 0 Å². The molecule has 0 aliphatic carbocycles. The van der Waals surface area contributed by atoms with Gasteiger partial charge < -0.3 is 15.2 Å². The standard InChI is InChI=1S/C16H19NO3S/c1-3-14(13-6-4-5-7-15(13)20-2)17-9-12-8-11(10-21-12)16(18)19/h4-8,10,14,17H,3,9H2,1-2H3,(H,18,19). The first kappa shape index (κ1) is 15.5. The normalized spacial score (nSPS) is 12.1. The molecular weight excluding hydrogens is 286 g/mol. The lowest BCUT2D eigenvalue weighted by molar-refractivity contribution is 0.0697. The number of carboxylic acid groups (broad SMARTS) is 1. The van der Waals surface area contributed by atoms with Gasteiger partial charge in [-0.3, -0.25) is 0 Å². The molecule has 0 saturated heterocycles. The number of hydrogen-bond acceptors (Lipinski definition) is 4. The van der Waals surface area contributed by atoms with Crippen molar-refractivity contribution in [2.45, 2.75) is 25.9 Å². The van der Waals surface area contributed by atoms with Crippen LogP contribution < -0.4 is 10.1 Å². The molecule has 1 unspecified atom stereocenters. The van der Waals surface area contributed by atoms with E-state index in [1.54, 1.807) is 18.6 Å². The zero-order chi connectivity index (χ0) is 15.2. The van der Waals surface area contributed by atoms with Crippen molar-refractivity contribution >= 4 is 17.3 Å². The molecule has 112 valence electrons. The maximum absolute atomic E-state index is 10.9. The van der Waals surface area contributed by atoms with Crippen molar-refractivity contribution in [2.75, 3.05) is 7.11 Å². The third-order valence-corrected chi connectivity index (χ3v) is 4.28. The first-order valence-electron chi connectivity index (χ1n) is 6.82. The van der Waals surface area contributed by atoms with E-state index < -0.39 is 5.97 Å². The van der Waals surface area contributed by atoms with Crippen LogP contribution in [0.5, 0.6) is 5.75 Å².